The first-order chi connectivity index (χ1) is 12.0. The van der Waals surface area contributed by atoms with Crippen LogP contribution in [-0.2, 0) is 13.1 Å². The zero-order chi connectivity index (χ0) is 17.8. The summed E-state index contributed by atoms with van der Waals surface area (Å²) in [4.78, 5) is 9.28. The fourth-order valence-corrected chi connectivity index (χ4v) is 3.54. The van der Waals surface area contributed by atoms with Gasteiger partial charge in [-0.3, -0.25) is 9.80 Å². The first-order valence-corrected chi connectivity index (χ1v) is 9.01. The molecular formula is C19H27FN4O. The maximum Gasteiger partial charge on any atom is 0.223 e. The van der Waals surface area contributed by atoms with Crippen molar-refractivity contribution >= 4 is 0 Å². The van der Waals surface area contributed by atoms with Crippen LogP contribution in [0.15, 0.2) is 28.8 Å². The third-order valence-electron chi connectivity index (χ3n) is 4.84. The molecular weight excluding hydrogens is 319 g/mol. The van der Waals surface area contributed by atoms with E-state index >= 15 is 0 Å². The van der Waals surface area contributed by atoms with E-state index in [-0.39, 0.29) is 5.82 Å². The van der Waals surface area contributed by atoms with Crippen molar-refractivity contribution in [1.29, 1.82) is 0 Å². The highest BCUT2D eigenvalue weighted by Crippen LogP contribution is 2.21. The van der Waals surface area contributed by atoms with Crippen LogP contribution >= 0.6 is 0 Å². The Hall–Kier alpha value is -1.79. The van der Waals surface area contributed by atoms with Crippen molar-refractivity contribution in [2.24, 2.45) is 5.92 Å². The van der Waals surface area contributed by atoms with Gasteiger partial charge in [0.25, 0.3) is 0 Å². The lowest BCUT2D eigenvalue weighted by Gasteiger charge is -2.34. The summed E-state index contributed by atoms with van der Waals surface area (Å²) in [5.41, 5.74) is 1.16. The second-order valence-corrected chi connectivity index (χ2v) is 7.23. The van der Waals surface area contributed by atoms with Gasteiger partial charge in [0, 0.05) is 32.6 Å². The summed E-state index contributed by atoms with van der Waals surface area (Å²) >= 11 is 0. The van der Waals surface area contributed by atoms with E-state index < -0.39 is 0 Å². The molecule has 1 aliphatic rings. The van der Waals surface area contributed by atoms with Crippen LogP contribution in [0, 0.1) is 18.7 Å². The smallest absolute Gasteiger partial charge is 0.223 e. The second kappa shape index (κ2) is 8.06. The van der Waals surface area contributed by atoms with Gasteiger partial charge in [-0.1, -0.05) is 31.1 Å². The molecule has 1 aromatic heterocycles. The van der Waals surface area contributed by atoms with Gasteiger partial charge in [0.15, 0.2) is 5.82 Å². The Bertz CT molecular complexity index is 670. The molecule has 3 rings (SSSR count). The lowest BCUT2D eigenvalue weighted by Crippen LogP contribution is -2.44. The Balaban J connectivity index is 1.68. The third kappa shape index (κ3) is 4.86. The van der Waals surface area contributed by atoms with Gasteiger partial charge in [0.05, 0.1) is 6.54 Å². The van der Waals surface area contributed by atoms with E-state index in [1.54, 1.807) is 12.1 Å². The number of halogens is 1. The van der Waals surface area contributed by atoms with Gasteiger partial charge in [-0.25, -0.2) is 4.39 Å². The normalized spacial score (nSPS) is 20.1. The van der Waals surface area contributed by atoms with Crippen molar-refractivity contribution in [3.63, 3.8) is 0 Å². The summed E-state index contributed by atoms with van der Waals surface area (Å²) in [7, 11) is 0. The summed E-state index contributed by atoms with van der Waals surface area (Å²) in [6, 6.07) is 7.31. The number of aromatic nitrogens is 2. The standard InChI is InChI=1S/C19H27FN4O/c1-14(2)18-12-23(13-19-21-15(3)25-22-19)9-4-10-24(18)11-16-5-7-17(20)8-6-16/h5-8,14,18H,4,9-13H2,1-3H3/t18-/m0/s1. The summed E-state index contributed by atoms with van der Waals surface area (Å²) in [6.07, 6.45) is 1.10. The monoisotopic (exact) mass is 346 g/mol. The van der Waals surface area contributed by atoms with Crippen molar-refractivity contribution in [1.82, 2.24) is 19.9 Å². The fourth-order valence-electron chi connectivity index (χ4n) is 3.54. The molecule has 6 heteroatoms. The Morgan fingerprint density at radius 2 is 1.96 bits per heavy atom. The number of benzene rings is 1. The van der Waals surface area contributed by atoms with E-state index in [2.05, 4.69) is 33.8 Å². The SMILES string of the molecule is Cc1nc(CN2CCCN(Cc3ccc(F)cc3)[C@H](C(C)C)C2)no1. The number of nitrogens with zero attached hydrogens (tertiary/aromatic N) is 4. The molecule has 2 heterocycles. The molecule has 0 aliphatic carbocycles. The molecule has 0 bridgehead atoms. The Kier molecular flexibility index (Phi) is 5.81. The minimum absolute atomic E-state index is 0.179. The van der Waals surface area contributed by atoms with Gasteiger partial charge < -0.3 is 4.52 Å². The Morgan fingerprint density at radius 1 is 1.20 bits per heavy atom. The topological polar surface area (TPSA) is 45.4 Å². The van der Waals surface area contributed by atoms with E-state index in [9.17, 15) is 4.39 Å². The molecule has 0 amide bonds. The van der Waals surface area contributed by atoms with E-state index in [1.807, 2.05) is 19.1 Å². The highest BCUT2D eigenvalue weighted by molar-refractivity contribution is 5.16. The highest BCUT2D eigenvalue weighted by Gasteiger charge is 2.28. The predicted octanol–water partition coefficient (Wildman–Crippen LogP) is 3.25. The maximum atomic E-state index is 13.2. The van der Waals surface area contributed by atoms with Crippen molar-refractivity contribution in [2.75, 3.05) is 19.6 Å². The molecule has 25 heavy (non-hydrogen) atoms. The van der Waals surface area contributed by atoms with Crippen molar-refractivity contribution < 1.29 is 8.91 Å². The van der Waals surface area contributed by atoms with Crippen LogP contribution in [0.5, 0.6) is 0 Å². The van der Waals surface area contributed by atoms with Gasteiger partial charge in [-0.2, -0.15) is 4.98 Å². The number of hydrogen-bond donors (Lipinski definition) is 0. The second-order valence-electron chi connectivity index (χ2n) is 7.23. The van der Waals surface area contributed by atoms with Crippen LogP contribution < -0.4 is 0 Å². The summed E-state index contributed by atoms with van der Waals surface area (Å²) in [5.74, 6) is 1.73. The summed E-state index contributed by atoms with van der Waals surface area (Å²) in [6.45, 7) is 11.0. The van der Waals surface area contributed by atoms with Gasteiger partial charge in [0.2, 0.25) is 5.89 Å². The van der Waals surface area contributed by atoms with Gasteiger partial charge in [-0.15, -0.1) is 0 Å². The first-order valence-electron chi connectivity index (χ1n) is 9.01. The zero-order valence-corrected chi connectivity index (χ0v) is 15.3. The summed E-state index contributed by atoms with van der Waals surface area (Å²) < 4.78 is 18.2. The lowest BCUT2D eigenvalue weighted by atomic mass is 10.0. The van der Waals surface area contributed by atoms with Crippen LogP contribution in [0.1, 0.15) is 37.5 Å². The number of aryl methyl sites for hydroxylation is 1. The van der Waals surface area contributed by atoms with Crippen LogP contribution in [0.4, 0.5) is 4.39 Å². The maximum absolute atomic E-state index is 13.2. The molecule has 0 spiro atoms. The van der Waals surface area contributed by atoms with Crippen LogP contribution in [0.2, 0.25) is 0 Å². The Morgan fingerprint density at radius 3 is 2.60 bits per heavy atom. The van der Waals surface area contributed by atoms with Crippen LogP contribution in [-0.4, -0.2) is 45.6 Å². The average Bonchev–Trinajstić information content (AvgIpc) is 2.87. The minimum atomic E-state index is -0.179. The third-order valence-corrected chi connectivity index (χ3v) is 4.84. The van der Waals surface area contributed by atoms with Crippen LogP contribution in [0.25, 0.3) is 0 Å². The molecule has 0 N–H and O–H groups in total. The molecule has 1 saturated heterocycles. The molecule has 136 valence electrons. The lowest BCUT2D eigenvalue weighted by molar-refractivity contribution is 0.129. The molecule has 0 unspecified atom stereocenters. The van der Waals surface area contributed by atoms with E-state index in [1.165, 1.54) is 0 Å². The highest BCUT2D eigenvalue weighted by atomic mass is 19.1. The molecule has 0 saturated carbocycles. The van der Waals surface area contributed by atoms with Crippen molar-refractivity contribution in [3.8, 4) is 0 Å². The molecule has 5 nitrogen and oxygen atoms in total. The minimum Gasteiger partial charge on any atom is -0.340 e. The van der Waals surface area contributed by atoms with Gasteiger partial charge in [-0.05, 0) is 36.6 Å². The predicted molar refractivity (Wildman–Crippen MR) is 94.4 cm³/mol. The van der Waals surface area contributed by atoms with E-state index in [0.717, 1.165) is 50.5 Å². The van der Waals surface area contributed by atoms with Crippen molar-refractivity contribution in [3.05, 3.63) is 47.4 Å². The molecule has 0 radical (unpaired) electrons. The zero-order valence-electron chi connectivity index (χ0n) is 15.3. The molecule has 1 atom stereocenters. The molecule has 2 aromatic rings. The molecule has 1 aliphatic heterocycles. The fraction of sp³-hybridized carbons (Fsp3) is 0.579. The molecule has 1 fully saturated rings. The van der Waals surface area contributed by atoms with E-state index in [4.69, 9.17) is 4.52 Å². The van der Waals surface area contributed by atoms with Gasteiger partial charge >= 0.3 is 0 Å². The Labute approximate surface area is 148 Å². The average molecular weight is 346 g/mol. The summed E-state index contributed by atoms with van der Waals surface area (Å²) in [5, 5.41) is 4.03. The van der Waals surface area contributed by atoms with Crippen LogP contribution in [0.3, 0.4) is 0 Å². The van der Waals surface area contributed by atoms with E-state index in [0.29, 0.717) is 17.9 Å². The number of rotatable bonds is 5. The first kappa shape index (κ1) is 18.0. The largest absolute Gasteiger partial charge is 0.340 e. The quantitative estimate of drug-likeness (QED) is 0.832. The van der Waals surface area contributed by atoms with Crippen molar-refractivity contribution in [2.45, 2.75) is 46.3 Å². The molecule has 1 aromatic carbocycles. The number of hydrogen-bond acceptors (Lipinski definition) is 5. The van der Waals surface area contributed by atoms with Gasteiger partial charge in [0.1, 0.15) is 5.82 Å².